The Labute approximate surface area is 374 Å². The topological polar surface area (TPSA) is 46.8 Å². The van der Waals surface area contributed by atoms with Gasteiger partial charge in [-0.1, -0.05) is 164 Å². The van der Waals surface area contributed by atoms with Crippen molar-refractivity contribution in [2.45, 2.75) is 0 Å². The van der Waals surface area contributed by atoms with Crippen molar-refractivity contribution in [3.63, 3.8) is 0 Å². The monoisotopic (exact) mass is 827 g/mol. The van der Waals surface area contributed by atoms with E-state index >= 15 is 0 Å². The molecular weight excluding hydrogens is 791 g/mol. The van der Waals surface area contributed by atoms with Crippen LogP contribution < -0.4 is 0 Å². The smallest absolute Gasteiger partial charge is 0.155 e. The van der Waals surface area contributed by atoms with Gasteiger partial charge in [-0.05, 0) is 105 Å². The van der Waals surface area contributed by atoms with Crippen LogP contribution in [0.1, 0.15) is 5.56 Å². The highest BCUT2D eigenvalue weighted by Gasteiger charge is 2.27. The van der Waals surface area contributed by atoms with Crippen LogP contribution in [-0.4, -0.2) is 9.13 Å². The molecule has 13 rings (SSSR count). The van der Waals surface area contributed by atoms with Crippen LogP contribution in [-0.2, 0) is 0 Å². The predicted molar refractivity (Wildman–Crippen MR) is 269 cm³/mol. The van der Waals surface area contributed by atoms with Crippen LogP contribution in [0, 0.1) is 11.3 Å². The van der Waals surface area contributed by atoms with Gasteiger partial charge in [0, 0.05) is 32.3 Å². The Morgan fingerprint density at radius 1 is 0.323 bits per heavy atom. The first-order chi connectivity index (χ1) is 32.2. The standard InChI is InChI=1S/C61H37N3O/c62-38-53-60(64-56-31-27-45(41-19-9-3-10-20-41)35-50(56)51-36-46(28-32-57(51)64)42-21-11-4-12-22-42)58(37-52-47-23-13-14-24-59(47)65-61(52)53)63-54-29-25-43(39-15-5-1-6-16-39)33-48(54)49-34-44(26-30-55(49)63)40-17-7-2-8-18-40/h1-37H. The number of fused-ring (bicyclic) bond motifs is 9. The lowest BCUT2D eigenvalue weighted by Gasteiger charge is -2.19. The quantitative estimate of drug-likeness (QED) is 0.168. The normalized spacial score (nSPS) is 11.7. The molecule has 0 aliphatic carbocycles. The summed E-state index contributed by atoms with van der Waals surface area (Å²) in [5.41, 5.74) is 16.7. The molecule has 3 heterocycles. The average Bonchev–Trinajstić information content (AvgIpc) is 4.03. The Kier molecular flexibility index (Phi) is 8.24. The number of aromatic nitrogens is 2. The van der Waals surface area contributed by atoms with E-state index < -0.39 is 0 Å². The molecule has 302 valence electrons. The van der Waals surface area contributed by atoms with E-state index in [1.165, 1.54) is 0 Å². The Morgan fingerprint density at radius 2 is 0.692 bits per heavy atom. The summed E-state index contributed by atoms with van der Waals surface area (Å²) in [6.07, 6.45) is 0. The lowest BCUT2D eigenvalue weighted by atomic mass is 10.0. The first-order valence-corrected chi connectivity index (χ1v) is 22.0. The summed E-state index contributed by atoms with van der Waals surface area (Å²) in [5.74, 6) is 0. The van der Waals surface area contributed by atoms with Gasteiger partial charge in [-0.2, -0.15) is 5.26 Å². The largest absolute Gasteiger partial charge is 0.455 e. The second-order valence-electron chi connectivity index (χ2n) is 16.8. The molecule has 0 amide bonds. The molecule has 4 heteroatoms. The third kappa shape index (κ3) is 5.77. The van der Waals surface area contributed by atoms with Crippen molar-refractivity contribution < 1.29 is 4.42 Å². The number of furan rings is 1. The molecule has 0 unspecified atom stereocenters. The lowest BCUT2D eigenvalue weighted by molar-refractivity contribution is 0.667. The van der Waals surface area contributed by atoms with E-state index in [0.717, 1.165) is 116 Å². The van der Waals surface area contributed by atoms with Gasteiger partial charge in [-0.15, -0.1) is 0 Å². The molecule has 0 radical (unpaired) electrons. The number of nitriles is 1. The predicted octanol–water partition coefficient (Wildman–Crippen LogP) is 16.3. The van der Waals surface area contributed by atoms with E-state index in [4.69, 9.17) is 4.42 Å². The average molecular weight is 828 g/mol. The van der Waals surface area contributed by atoms with Gasteiger partial charge >= 0.3 is 0 Å². The third-order valence-electron chi connectivity index (χ3n) is 13.2. The van der Waals surface area contributed by atoms with E-state index in [1.807, 2.05) is 18.2 Å². The summed E-state index contributed by atoms with van der Waals surface area (Å²) < 4.78 is 11.4. The fraction of sp³-hybridized carbons (Fsp3) is 0. The molecule has 10 aromatic carbocycles. The molecule has 0 spiro atoms. The molecule has 0 bridgehead atoms. The number of hydrogen-bond donors (Lipinski definition) is 0. The first kappa shape index (κ1) is 36.7. The minimum Gasteiger partial charge on any atom is -0.455 e. The number of benzene rings is 10. The molecule has 0 aliphatic heterocycles. The molecular formula is C61H37N3O. The number of rotatable bonds is 6. The fourth-order valence-electron chi connectivity index (χ4n) is 10.1. The van der Waals surface area contributed by atoms with Gasteiger partial charge in [0.15, 0.2) is 5.58 Å². The van der Waals surface area contributed by atoms with Crippen molar-refractivity contribution in [2.75, 3.05) is 0 Å². The summed E-state index contributed by atoms with van der Waals surface area (Å²) in [6.45, 7) is 0. The van der Waals surface area contributed by atoms with Crippen molar-refractivity contribution >= 4 is 65.6 Å². The van der Waals surface area contributed by atoms with E-state index in [2.05, 4.69) is 221 Å². The van der Waals surface area contributed by atoms with Crippen LogP contribution in [0.15, 0.2) is 229 Å². The molecule has 4 nitrogen and oxygen atoms in total. The van der Waals surface area contributed by atoms with Gasteiger partial charge < -0.3 is 13.6 Å². The number of para-hydroxylation sites is 1. The molecule has 0 saturated carbocycles. The highest BCUT2D eigenvalue weighted by atomic mass is 16.3. The van der Waals surface area contributed by atoms with Crippen molar-refractivity contribution in [3.05, 3.63) is 230 Å². The van der Waals surface area contributed by atoms with Gasteiger partial charge in [-0.25, -0.2) is 0 Å². The van der Waals surface area contributed by atoms with Crippen molar-refractivity contribution in [3.8, 4) is 62.0 Å². The summed E-state index contributed by atoms with van der Waals surface area (Å²) in [5, 5.41) is 17.9. The lowest BCUT2D eigenvalue weighted by Crippen LogP contribution is -2.06. The van der Waals surface area contributed by atoms with Crippen LogP contribution in [0.4, 0.5) is 0 Å². The maximum Gasteiger partial charge on any atom is 0.155 e. The molecule has 13 aromatic rings. The molecule has 0 fully saturated rings. The fourth-order valence-corrected chi connectivity index (χ4v) is 10.1. The van der Waals surface area contributed by atoms with E-state index in [-0.39, 0.29) is 0 Å². The summed E-state index contributed by atoms with van der Waals surface area (Å²) in [4.78, 5) is 0. The van der Waals surface area contributed by atoms with Gasteiger partial charge in [0.05, 0.1) is 33.4 Å². The van der Waals surface area contributed by atoms with Gasteiger partial charge in [0.1, 0.15) is 17.2 Å². The minimum absolute atomic E-state index is 0.476. The van der Waals surface area contributed by atoms with Gasteiger partial charge in [0.25, 0.3) is 0 Å². The van der Waals surface area contributed by atoms with E-state index in [0.29, 0.717) is 11.1 Å². The molecule has 65 heavy (non-hydrogen) atoms. The van der Waals surface area contributed by atoms with Gasteiger partial charge in [0.2, 0.25) is 0 Å². The zero-order valence-corrected chi connectivity index (χ0v) is 35.1. The zero-order valence-electron chi connectivity index (χ0n) is 35.1. The zero-order chi connectivity index (χ0) is 43.0. The second-order valence-corrected chi connectivity index (χ2v) is 16.8. The summed E-state index contributed by atoms with van der Waals surface area (Å²) >= 11 is 0. The molecule has 3 aromatic heterocycles. The van der Waals surface area contributed by atoms with Gasteiger partial charge in [-0.3, -0.25) is 0 Å². The van der Waals surface area contributed by atoms with Crippen molar-refractivity contribution in [2.24, 2.45) is 0 Å². The van der Waals surface area contributed by atoms with E-state index in [9.17, 15) is 5.26 Å². The van der Waals surface area contributed by atoms with Crippen LogP contribution in [0.3, 0.4) is 0 Å². The Hall–Kier alpha value is -8.91. The Morgan fingerprint density at radius 3 is 1.09 bits per heavy atom. The van der Waals surface area contributed by atoms with Crippen LogP contribution >= 0.6 is 0 Å². The highest BCUT2D eigenvalue weighted by molar-refractivity contribution is 6.16. The maximum absolute atomic E-state index is 11.6. The van der Waals surface area contributed by atoms with Crippen molar-refractivity contribution in [1.29, 1.82) is 5.26 Å². The molecule has 0 N–H and O–H groups in total. The van der Waals surface area contributed by atoms with Crippen LogP contribution in [0.25, 0.3) is 121 Å². The highest BCUT2D eigenvalue weighted by Crippen LogP contribution is 2.46. The first-order valence-electron chi connectivity index (χ1n) is 22.0. The summed E-state index contributed by atoms with van der Waals surface area (Å²) in [7, 11) is 0. The third-order valence-corrected chi connectivity index (χ3v) is 13.2. The molecule has 0 saturated heterocycles. The number of nitrogens with zero attached hydrogens (tertiary/aromatic N) is 3. The van der Waals surface area contributed by atoms with E-state index in [1.54, 1.807) is 0 Å². The Bertz CT molecular complexity index is 3850. The minimum atomic E-state index is 0.476. The van der Waals surface area contributed by atoms with Crippen LogP contribution in [0.2, 0.25) is 0 Å². The summed E-state index contributed by atoms with van der Waals surface area (Å²) in [6, 6.07) is 82.4. The SMILES string of the molecule is N#Cc1c(-n2c3ccc(-c4ccccc4)cc3c3cc(-c4ccccc4)ccc32)c(-n2c3ccc(-c4ccccc4)cc3c3cc(-c4ccccc4)ccc32)cc2c1oc1ccccc12. The number of hydrogen-bond acceptors (Lipinski definition) is 2. The molecule has 0 atom stereocenters. The Balaban J connectivity index is 1.19. The van der Waals surface area contributed by atoms with Crippen molar-refractivity contribution in [1.82, 2.24) is 9.13 Å². The maximum atomic E-state index is 11.6. The molecule has 0 aliphatic rings. The van der Waals surface area contributed by atoms with Crippen LogP contribution in [0.5, 0.6) is 0 Å². The second kappa shape index (κ2) is 14.6.